The SMILES string of the molecule is CCC(C)NCCC(=O)NCc1ccccc1OC. The van der Waals surface area contributed by atoms with E-state index < -0.39 is 0 Å². The molecule has 19 heavy (non-hydrogen) atoms. The van der Waals surface area contributed by atoms with E-state index in [1.165, 1.54) is 0 Å². The molecule has 1 amide bonds. The summed E-state index contributed by atoms with van der Waals surface area (Å²) in [5.74, 6) is 0.863. The summed E-state index contributed by atoms with van der Waals surface area (Å²) in [6.45, 7) is 5.46. The van der Waals surface area contributed by atoms with Gasteiger partial charge in [0, 0.05) is 31.1 Å². The summed E-state index contributed by atoms with van der Waals surface area (Å²) in [6.07, 6.45) is 1.57. The quantitative estimate of drug-likeness (QED) is 0.756. The fraction of sp³-hybridized carbons (Fsp3) is 0.533. The van der Waals surface area contributed by atoms with Crippen LogP contribution in [0.3, 0.4) is 0 Å². The lowest BCUT2D eigenvalue weighted by Crippen LogP contribution is -2.31. The lowest BCUT2D eigenvalue weighted by molar-refractivity contribution is -0.121. The van der Waals surface area contributed by atoms with E-state index >= 15 is 0 Å². The molecule has 0 saturated heterocycles. The van der Waals surface area contributed by atoms with Crippen molar-refractivity contribution in [3.05, 3.63) is 29.8 Å². The van der Waals surface area contributed by atoms with Crippen molar-refractivity contribution < 1.29 is 9.53 Å². The van der Waals surface area contributed by atoms with E-state index in [0.717, 1.165) is 17.7 Å². The Morgan fingerprint density at radius 2 is 2.11 bits per heavy atom. The Kier molecular flexibility index (Phi) is 6.97. The van der Waals surface area contributed by atoms with E-state index in [2.05, 4.69) is 24.5 Å². The van der Waals surface area contributed by atoms with Crippen molar-refractivity contribution in [2.45, 2.75) is 39.3 Å². The first-order chi connectivity index (χ1) is 9.17. The average molecular weight is 264 g/mol. The van der Waals surface area contributed by atoms with Crippen molar-refractivity contribution in [3.8, 4) is 5.75 Å². The number of hydrogen-bond acceptors (Lipinski definition) is 3. The molecule has 0 radical (unpaired) electrons. The highest BCUT2D eigenvalue weighted by atomic mass is 16.5. The fourth-order valence-corrected chi connectivity index (χ4v) is 1.71. The van der Waals surface area contributed by atoms with Crippen LogP contribution in [0.5, 0.6) is 5.75 Å². The standard InChI is InChI=1S/C15H24N2O2/c1-4-12(2)16-10-9-15(18)17-11-13-7-5-6-8-14(13)19-3/h5-8,12,16H,4,9-11H2,1-3H3,(H,17,18). The molecular weight excluding hydrogens is 240 g/mol. The summed E-state index contributed by atoms with van der Waals surface area (Å²) in [4.78, 5) is 11.7. The summed E-state index contributed by atoms with van der Waals surface area (Å²) in [7, 11) is 1.64. The van der Waals surface area contributed by atoms with Crippen LogP contribution < -0.4 is 15.4 Å². The van der Waals surface area contributed by atoms with Gasteiger partial charge in [-0.3, -0.25) is 4.79 Å². The van der Waals surface area contributed by atoms with Crippen molar-refractivity contribution in [3.63, 3.8) is 0 Å². The van der Waals surface area contributed by atoms with Gasteiger partial charge in [-0.05, 0) is 19.4 Å². The van der Waals surface area contributed by atoms with Gasteiger partial charge in [0.2, 0.25) is 5.91 Å². The van der Waals surface area contributed by atoms with Gasteiger partial charge in [0.25, 0.3) is 0 Å². The van der Waals surface area contributed by atoms with Gasteiger partial charge in [-0.15, -0.1) is 0 Å². The van der Waals surface area contributed by atoms with Gasteiger partial charge < -0.3 is 15.4 Å². The van der Waals surface area contributed by atoms with Crippen LogP contribution in [0.25, 0.3) is 0 Å². The van der Waals surface area contributed by atoms with Crippen LogP contribution >= 0.6 is 0 Å². The highest BCUT2D eigenvalue weighted by molar-refractivity contribution is 5.76. The molecule has 0 saturated carbocycles. The van der Waals surface area contributed by atoms with Gasteiger partial charge in [-0.2, -0.15) is 0 Å². The van der Waals surface area contributed by atoms with Crippen molar-refractivity contribution in [2.75, 3.05) is 13.7 Å². The van der Waals surface area contributed by atoms with Crippen molar-refractivity contribution in [2.24, 2.45) is 0 Å². The highest BCUT2D eigenvalue weighted by Gasteiger charge is 2.05. The number of hydrogen-bond donors (Lipinski definition) is 2. The molecule has 0 heterocycles. The molecule has 2 N–H and O–H groups in total. The van der Waals surface area contributed by atoms with Crippen molar-refractivity contribution >= 4 is 5.91 Å². The largest absolute Gasteiger partial charge is 0.496 e. The summed E-state index contributed by atoms with van der Waals surface area (Å²) < 4.78 is 5.24. The van der Waals surface area contributed by atoms with Crippen molar-refractivity contribution in [1.29, 1.82) is 0 Å². The van der Waals surface area contributed by atoms with Crippen LogP contribution in [0.4, 0.5) is 0 Å². The zero-order valence-electron chi connectivity index (χ0n) is 12.0. The minimum absolute atomic E-state index is 0.0571. The van der Waals surface area contributed by atoms with Crippen LogP contribution in [0, 0.1) is 0 Å². The molecule has 4 nitrogen and oxygen atoms in total. The molecule has 0 spiro atoms. The lowest BCUT2D eigenvalue weighted by Gasteiger charge is -2.12. The Morgan fingerprint density at radius 1 is 1.37 bits per heavy atom. The number of rotatable bonds is 8. The third kappa shape index (κ3) is 5.75. The topological polar surface area (TPSA) is 50.4 Å². The molecule has 1 aromatic rings. The molecular formula is C15H24N2O2. The molecule has 0 aliphatic carbocycles. The molecule has 1 aromatic carbocycles. The first kappa shape index (κ1) is 15.5. The van der Waals surface area contributed by atoms with Crippen LogP contribution in [0.2, 0.25) is 0 Å². The summed E-state index contributed by atoms with van der Waals surface area (Å²) >= 11 is 0. The first-order valence-electron chi connectivity index (χ1n) is 6.79. The maximum absolute atomic E-state index is 11.7. The summed E-state index contributed by atoms with van der Waals surface area (Å²) in [6, 6.07) is 8.17. The molecule has 0 aliphatic rings. The fourth-order valence-electron chi connectivity index (χ4n) is 1.71. The number of nitrogens with one attached hydrogen (secondary N) is 2. The van der Waals surface area contributed by atoms with Crippen molar-refractivity contribution in [1.82, 2.24) is 10.6 Å². The van der Waals surface area contributed by atoms with Gasteiger partial charge in [0.15, 0.2) is 0 Å². The number of ether oxygens (including phenoxy) is 1. The highest BCUT2D eigenvalue weighted by Crippen LogP contribution is 2.16. The second-order valence-electron chi connectivity index (χ2n) is 4.60. The predicted octanol–water partition coefficient (Wildman–Crippen LogP) is 2.09. The van der Waals surface area contributed by atoms with Crippen LogP contribution in [-0.4, -0.2) is 25.6 Å². The van der Waals surface area contributed by atoms with E-state index in [0.29, 0.717) is 25.6 Å². The molecule has 0 aromatic heterocycles. The molecule has 1 rings (SSSR count). The van der Waals surface area contributed by atoms with E-state index in [-0.39, 0.29) is 5.91 Å². The normalized spacial score (nSPS) is 11.9. The molecule has 1 unspecified atom stereocenters. The molecule has 0 bridgehead atoms. The molecule has 4 heteroatoms. The van der Waals surface area contributed by atoms with Crippen LogP contribution in [-0.2, 0) is 11.3 Å². The summed E-state index contributed by atoms with van der Waals surface area (Å²) in [5.41, 5.74) is 0.994. The smallest absolute Gasteiger partial charge is 0.221 e. The Hall–Kier alpha value is -1.55. The van der Waals surface area contributed by atoms with E-state index in [1.54, 1.807) is 7.11 Å². The number of benzene rings is 1. The predicted molar refractivity (Wildman–Crippen MR) is 77.2 cm³/mol. The molecule has 1 atom stereocenters. The number of methoxy groups -OCH3 is 1. The second kappa shape index (κ2) is 8.53. The lowest BCUT2D eigenvalue weighted by atomic mass is 10.2. The third-order valence-electron chi connectivity index (χ3n) is 3.13. The van der Waals surface area contributed by atoms with Gasteiger partial charge in [-0.25, -0.2) is 0 Å². The zero-order valence-corrected chi connectivity index (χ0v) is 12.0. The molecule has 0 aliphatic heterocycles. The first-order valence-corrected chi connectivity index (χ1v) is 6.79. The Bertz CT molecular complexity index is 393. The molecule has 0 fully saturated rings. The number of amides is 1. The maximum Gasteiger partial charge on any atom is 0.221 e. The molecule has 106 valence electrons. The summed E-state index contributed by atoms with van der Waals surface area (Å²) in [5, 5.41) is 6.20. The van der Waals surface area contributed by atoms with Gasteiger partial charge in [-0.1, -0.05) is 25.1 Å². The minimum Gasteiger partial charge on any atom is -0.496 e. The Labute approximate surface area is 115 Å². The third-order valence-corrected chi connectivity index (χ3v) is 3.13. The second-order valence-corrected chi connectivity index (χ2v) is 4.60. The maximum atomic E-state index is 11.7. The van der Waals surface area contributed by atoms with Gasteiger partial charge in [0.1, 0.15) is 5.75 Å². The van der Waals surface area contributed by atoms with Gasteiger partial charge in [0.05, 0.1) is 7.11 Å². The minimum atomic E-state index is 0.0571. The number of para-hydroxylation sites is 1. The van der Waals surface area contributed by atoms with E-state index in [9.17, 15) is 4.79 Å². The average Bonchev–Trinajstić information content (AvgIpc) is 2.45. The monoisotopic (exact) mass is 264 g/mol. The van der Waals surface area contributed by atoms with Gasteiger partial charge >= 0.3 is 0 Å². The number of carbonyl (C=O) groups is 1. The number of carbonyl (C=O) groups excluding carboxylic acids is 1. The van der Waals surface area contributed by atoms with E-state index in [4.69, 9.17) is 4.74 Å². The zero-order chi connectivity index (χ0) is 14.1. The van der Waals surface area contributed by atoms with Crippen LogP contribution in [0.15, 0.2) is 24.3 Å². The van der Waals surface area contributed by atoms with Crippen LogP contribution in [0.1, 0.15) is 32.3 Å². The Balaban J connectivity index is 2.30. The van der Waals surface area contributed by atoms with E-state index in [1.807, 2.05) is 24.3 Å². The Morgan fingerprint density at radius 3 is 2.79 bits per heavy atom.